The second-order valence-electron chi connectivity index (χ2n) is 5.45. The zero-order valence-electron chi connectivity index (χ0n) is 13.8. The molecule has 1 atom stereocenters. The molecule has 1 aliphatic heterocycles. The van der Waals surface area contributed by atoms with E-state index in [0.717, 1.165) is 6.07 Å². The Kier molecular flexibility index (Phi) is 5.13. The average Bonchev–Trinajstić information content (AvgIpc) is 3.09. The van der Waals surface area contributed by atoms with Gasteiger partial charge >= 0.3 is 0 Å². The quantitative estimate of drug-likeness (QED) is 0.825. The molecule has 0 saturated carbocycles. The maximum Gasteiger partial charge on any atom is 0.258 e. The Hall–Kier alpha value is -2.28. The van der Waals surface area contributed by atoms with Gasteiger partial charge in [0, 0.05) is 30.0 Å². The third-order valence-corrected chi connectivity index (χ3v) is 5.26. The van der Waals surface area contributed by atoms with Crippen LogP contribution in [0.15, 0.2) is 36.4 Å². The molecule has 1 unspecified atom stereocenters. The lowest BCUT2D eigenvalue weighted by atomic mass is 10.1. The van der Waals surface area contributed by atoms with Gasteiger partial charge in [-0.25, -0.2) is 8.78 Å². The Morgan fingerprint density at radius 2 is 1.96 bits per heavy atom. The second-order valence-corrected chi connectivity index (χ2v) is 6.64. The van der Waals surface area contributed by atoms with Gasteiger partial charge in [0.15, 0.2) is 0 Å². The molecule has 0 aliphatic carbocycles. The van der Waals surface area contributed by atoms with E-state index in [1.165, 1.54) is 38.1 Å². The summed E-state index contributed by atoms with van der Waals surface area (Å²) >= 11 is 1.44. The number of rotatable bonds is 4. The van der Waals surface area contributed by atoms with Crippen LogP contribution in [0.3, 0.4) is 0 Å². The van der Waals surface area contributed by atoms with Crippen LogP contribution in [0.5, 0.6) is 11.5 Å². The van der Waals surface area contributed by atoms with E-state index in [-0.39, 0.29) is 5.91 Å². The molecule has 0 spiro atoms. The molecule has 132 valence electrons. The summed E-state index contributed by atoms with van der Waals surface area (Å²) in [7, 11) is 3.00. The van der Waals surface area contributed by atoms with E-state index in [9.17, 15) is 13.6 Å². The number of carbonyl (C=O) groups excluding carboxylic acids is 1. The van der Waals surface area contributed by atoms with Crippen molar-refractivity contribution in [3.8, 4) is 11.5 Å². The van der Waals surface area contributed by atoms with Gasteiger partial charge in [0.25, 0.3) is 5.91 Å². The first-order valence-electron chi connectivity index (χ1n) is 7.64. The van der Waals surface area contributed by atoms with E-state index in [1.54, 1.807) is 23.1 Å². The highest BCUT2D eigenvalue weighted by Gasteiger charge is 2.34. The van der Waals surface area contributed by atoms with Crippen LogP contribution < -0.4 is 9.47 Å². The van der Waals surface area contributed by atoms with Gasteiger partial charge in [-0.1, -0.05) is 6.07 Å². The molecule has 1 aliphatic rings. The first-order valence-corrected chi connectivity index (χ1v) is 8.69. The number of halogens is 2. The van der Waals surface area contributed by atoms with Crippen LogP contribution in [0.1, 0.15) is 21.3 Å². The molecule has 1 heterocycles. The van der Waals surface area contributed by atoms with E-state index in [2.05, 4.69) is 0 Å². The van der Waals surface area contributed by atoms with Gasteiger partial charge in [-0.3, -0.25) is 4.79 Å². The summed E-state index contributed by atoms with van der Waals surface area (Å²) in [5.41, 5.74) is 0.669. The molecule has 2 aromatic rings. The predicted molar refractivity (Wildman–Crippen MR) is 92.1 cm³/mol. The smallest absolute Gasteiger partial charge is 0.258 e. The minimum atomic E-state index is -0.654. The standard InChI is InChI=1S/C18H17F2NO3S/c1-23-12-4-6-14(16(10-12)24-2)17(22)21-7-8-25-18(21)13-5-3-11(19)9-15(13)20/h3-6,9-10,18H,7-8H2,1-2H3. The Labute approximate surface area is 148 Å². The molecule has 0 N–H and O–H groups in total. The van der Waals surface area contributed by atoms with E-state index < -0.39 is 17.0 Å². The molecule has 1 saturated heterocycles. The van der Waals surface area contributed by atoms with Crippen molar-refractivity contribution in [3.05, 3.63) is 59.2 Å². The fourth-order valence-corrected chi connectivity index (χ4v) is 4.04. The first kappa shape index (κ1) is 17.5. The second kappa shape index (κ2) is 7.31. The van der Waals surface area contributed by atoms with Crippen molar-refractivity contribution in [3.63, 3.8) is 0 Å². The molecule has 2 aromatic carbocycles. The lowest BCUT2D eigenvalue weighted by Gasteiger charge is -2.25. The number of ether oxygens (including phenoxy) is 2. The minimum Gasteiger partial charge on any atom is -0.497 e. The maximum atomic E-state index is 14.2. The summed E-state index contributed by atoms with van der Waals surface area (Å²) in [4.78, 5) is 14.6. The zero-order valence-corrected chi connectivity index (χ0v) is 14.6. The van der Waals surface area contributed by atoms with Crippen LogP contribution in [0, 0.1) is 11.6 Å². The van der Waals surface area contributed by atoms with E-state index in [4.69, 9.17) is 9.47 Å². The number of amides is 1. The van der Waals surface area contributed by atoms with Crippen LogP contribution in [0.25, 0.3) is 0 Å². The van der Waals surface area contributed by atoms with Crippen molar-refractivity contribution >= 4 is 17.7 Å². The summed E-state index contributed by atoms with van der Waals surface area (Å²) in [5, 5.41) is -0.500. The molecule has 0 aromatic heterocycles. The zero-order chi connectivity index (χ0) is 18.0. The fraction of sp³-hybridized carbons (Fsp3) is 0.278. The van der Waals surface area contributed by atoms with Gasteiger partial charge < -0.3 is 14.4 Å². The van der Waals surface area contributed by atoms with Gasteiger partial charge in [-0.15, -0.1) is 11.8 Å². The Bertz CT molecular complexity index is 800. The SMILES string of the molecule is COc1ccc(C(=O)N2CCSC2c2ccc(F)cc2F)c(OC)c1. The molecule has 0 radical (unpaired) electrons. The van der Waals surface area contributed by atoms with E-state index in [1.807, 2.05) is 0 Å². The largest absolute Gasteiger partial charge is 0.497 e. The normalized spacial score (nSPS) is 16.8. The highest BCUT2D eigenvalue weighted by molar-refractivity contribution is 7.99. The number of hydrogen-bond acceptors (Lipinski definition) is 4. The van der Waals surface area contributed by atoms with Crippen molar-refractivity contribution < 1.29 is 23.0 Å². The molecule has 0 bridgehead atoms. The monoisotopic (exact) mass is 365 g/mol. The van der Waals surface area contributed by atoms with Crippen molar-refractivity contribution in [2.24, 2.45) is 0 Å². The molecule has 1 amide bonds. The lowest BCUT2D eigenvalue weighted by molar-refractivity contribution is 0.0755. The number of thioether (sulfide) groups is 1. The van der Waals surface area contributed by atoms with Crippen molar-refractivity contribution in [1.82, 2.24) is 4.90 Å². The molecule has 4 nitrogen and oxygen atoms in total. The van der Waals surface area contributed by atoms with Crippen LogP contribution in [-0.4, -0.2) is 37.3 Å². The number of hydrogen-bond donors (Lipinski definition) is 0. The van der Waals surface area contributed by atoms with Gasteiger partial charge in [0.1, 0.15) is 28.5 Å². The third kappa shape index (κ3) is 3.42. The Morgan fingerprint density at radius 3 is 2.64 bits per heavy atom. The molecule has 1 fully saturated rings. The number of benzene rings is 2. The molecule has 25 heavy (non-hydrogen) atoms. The Balaban J connectivity index is 1.93. The fourth-order valence-electron chi connectivity index (χ4n) is 2.77. The number of nitrogens with zero attached hydrogens (tertiary/aromatic N) is 1. The number of methoxy groups -OCH3 is 2. The van der Waals surface area contributed by atoms with Gasteiger partial charge in [-0.2, -0.15) is 0 Å². The summed E-state index contributed by atoms with van der Waals surface area (Å²) in [6.07, 6.45) is 0. The van der Waals surface area contributed by atoms with Gasteiger partial charge in [0.2, 0.25) is 0 Å². The molecule has 3 rings (SSSR count). The van der Waals surface area contributed by atoms with Crippen LogP contribution in [0.4, 0.5) is 8.78 Å². The van der Waals surface area contributed by atoms with Crippen LogP contribution in [-0.2, 0) is 0 Å². The third-order valence-electron chi connectivity index (χ3n) is 4.02. The molecular formula is C18H17F2NO3S. The molecular weight excluding hydrogens is 348 g/mol. The van der Waals surface area contributed by atoms with Gasteiger partial charge in [-0.05, 0) is 18.2 Å². The average molecular weight is 365 g/mol. The summed E-state index contributed by atoms with van der Waals surface area (Å²) in [6.45, 7) is 0.472. The van der Waals surface area contributed by atoms with Gasteiger partial charge in [0.05, 0.1) is 19.8 Å². The highest BCUT2D eigenvalue weighted by atomic mass is 32.2. The lowest BCUT2D eigenvalue weighted by Crippen LogP contribution is -2.31. The highest BCUT2D eigenvalue weighted by Crippen LogP contribution is 2.41. The van der Waals surface area contributed by atoms with Crippen molar-refractivity contribution in [2.75, 3.05) is 26.5 Å². The van der Waals surface area contributed by atoms with Crippen LogP contribution in [0.2, 0.25) is 0 Å². The Morgan fingerprint density at radius 1 is 1.16 bits per heavy atom. The maximum absolute atomic E-state index is 14.2. The van der Waals surface area contributed by atoms with Crippen molar-refractivity contribution in [2.45, 2.75) is 5.37 Å². The van der Waals surface area contributed by atoms with Crippen molar-refractivity contribution in [1.29, 1.82) is 0 Å². The van der Waals surface area contributed by atoms with Crippen LogP contribution >= 0.6 is 11.8 Å². The summed E-state index contributed by atoms with van der Waals surface area (Å²) in [6, 6.07) is 8.36. The minimum absolute atomic E-state index is 0.266. The summed E-state index contributed by atoms with van der Waals surface area (Å²) in [5.74, 6) is 0.0760. The predicted octanol–water partition coefficient (Wildman–Crippen LogP) is 3.87. The molecule has 7 heteroatoms. The number of carbonyl (C=O) groups is 1. The van der Waals surface area contributed by atoms with E-state index >= 15 is 0 Å². The van der Waals surface area contributed by atoms with E-state index in [0.29, 0.717) is 34.9 Å². The first-order chi connectivity index (χ1) is 12.0. The topological polar surface area (TPSA) is 38.8 Å². The summed E-state index contributed by atoms with van der Waals surface area (Å²) < 4.78 is 37.8.